The molecule has 0 radical (unpaired) electrons. The zero-order chi connectivity index (χ0) is 20.9. The van der Waals surface area contributed by atoms with E-state index < -0.39 is 12.3 Å². The summed E-state index contributed by atoms with van der Waals surface area (Å²) in [6.07, 6.45) is 0.735. The maximum Gasteiger partial charge on any atom is 0.409 e. The first kappa shape index (κ1) is 19.5. The molecule has 0 fully saturated rings. The highest BCUT2D eigenvalue weighted by molar-refractivity contribution is 5.82. The molecule has 4 rings (SSSR count). The number of aromatic nitrogens is 1. The highest BCUT2D eigenvalue weighted by atomic mass is 19.1. The van der Waals surface area contributed by atoms with Crippen molar-refractivity contribution < 1.29 is 18.7 Å². The third-order valence-corrected chi connectivity index (χ3v) is 4.86. The van der Waals surface area contributed by atoms with Crippen LogP contribution in [-0.2, 0) is 11.3 Å². The average Bonchev–Trinajstić information content (AvgIpc) is 3.20. The normalized spacial score (nSPS) is 11.8. The Labute approximate surface area is 173 Å². The van der Waals surface area contributed by atoms with Crippen LogP contribution >= 0.6 is 0 Å². The number of nitrogens with zero attached hydrogens (tertiary/aromatic N) is 1. The molecular weight excluding hydrogens is 383 g/mol. The van der Waals surface area contributed by atoms with Gasteiger partial charge < -0.3 is 14.0 Å². The van der Waals surface area contributed by atoms with Crippen LogP contribution < -0.4 is 10.1 Å². The average molecular weight is 404 g/mol. The number of methoxy groups -OCH3 is 1. The van der Waals surface area contributed by atoms with Gasteiger partial charge in [-0.1, -0.05) is 42.5 Å². The number of alkyl carbamates (subject to hydrolysis) is 1. The van der Waals surface area contributed by atoms with Gasteiger partial charge in [-0.15, -0.1) is 0 Å². The standard InChI is InChI=1S/C24H21FN2O3/c1-29-21-11-12-22-19(15-21)13-14-27(22)23(18-7-9-20(25)10-8-18)26-24(28)30-16-17-5-3-2-4-6-17/h2-15,23H,16H2,1H3,(H,26,28)/t23-/m1/s1. The van der Waals surface area contributed by atoms with E-state index in [2.05, 4.69) is 5.32 Å². The van der Waals surface area contributed by atoms with E-state index in [0.29, 0.717) is 0 Å². The second-order valence-electron chi connectivity index (χ2n) is 6.81. The van der Waals surface area contributed by atoms with Gasteiger partial charge in [-0.25, -0.2) is 9.18 Å². The van der Waals surface area contributed by atoms with Crippen molar-refractivity contribution in [3.63, 3.8) is 0 Å². The molecule has 0 aliphatic heterocycles. The monoisotopic (exact) mass is 404 g/mol. The van der Waals surface area contributed by atoms with Crippen molar-refractivity contribution in [3.05, 3.63) is 102 Å². The van der Waals surface area contributed by atoms with Gasteiger partial charge in [0.25, 0.3) is 0 Å². The van der Waals surface area contributed by atoms with Gasteiger partial charge >= 0.3 is 6.09 Å². The number of nitrogens with one attached hydrogen (secondary N) is 1. The molecule has 0 saturated heterocycles. The van der Waals surface area contributed by atoms with Crippen LogP contribution in [0.2, 0.25) is 0 Å². The first-order valence-electron chi connectivity index (χ1n) is 9.51. The fraction of sp³-hybridized carbons (Fsp3) is 0.125. The quantitative estimate of drug-likeness (QED) is 0.477. The highest BCUT2D eigenvalue weighted by Crippen LogP contribution is 2.27. The van der Waals surface area contributed by atoms with Crippen LogP contribution in [0.15, 0.2) is 85.1 Å². The summed E-state index contributed by atoms with van der Waals surface area (Å²) < 4.78 is 26.1. The fourth-order valence-electron chi connectivity index (χ4n) is 3.33. The molecule has 3 aromatic carbocycles. The summed E-state index contributed by atoms with van der Waals surface area (Å²) in [6, 6.07) is 23.1. The van der Waals surface area contributed by atoms with Gasteiger partial charge in [0, 0.05) is 11.6 Å². The number of hydrogen-bond acceptors (Lipinski definition) is 3. The molecule has 152 valence electrons. The number of hydrogen-bond donors (Lipinski definition) is 1. The summed E-state index contributed by atoms with van der Waals surface area (Å²) in [5.41, 5.74) is 2.51. The van der Waals surface area contributed by atoms with E-state index in [1.54, 1.807) is 19.2 Å². The van der Waals surface area contributed by atoms with Gasteiger partial charge in [-0.2, -0.15) is 0 Å². The fourth-order valence-corrected chi connectivity index (χ4v) is 3.33. The minimum absolute atomic E-state index is 0.159. The molecule has 0 aliphatic carbocycles. The highest BCUT2D eigenvalue weighted by Gasteiger charge is 2.19. The lowest BCUT2D eigenvalue weighted by molar-refractivity contribution is 0.134. The third-order valence-electron chi connectivity index (χ3n) is 4.86. The second-order valence-corrected chi connectivity index (χ2v) is 6.81. The predicted octanol–water partition coefficient (Wildman–Crippen LogP) is 5.26. The van der Waals surface area contributed by atoms with Crippen LogP contribution in [0, 0.1) is 5.82 Å². The van der Waals surface area contributed by atoms with Gasteiger partial charge in [0.15, 0.2) is 0 Å². The van der Waals surface area contributed by atoms with Gasteiger partial charge in [0.1, 0.15) is 24.3 Å². The number of benzene rings is 3. The maximum absolute atomic E-state index is 13.5. The van der Waals surface area contributed by atoms with Crippen LogP contribution in [-0.4, -0.2) is 17.8 Å². The van der Waals surface area contributed by atoms with Gasteiger partial charge in [0.2, 0.25) is 0 Å². The predicted molar refractivity (Wildman–Crippen MR) is 113 cm³/mol. The van der Waals surface area contributed by atoms with Crippen LogP contribution in [0.1, 0.15) is 17.3 Å². The van der Waals surface area contributed by atoms with E-state index in [1.165, 1.54) is 12.1 Å². The molecule has 6 heteroatoms. The molecule has 1 N–H and O–H groups in total. The summed E-state index contributed by atoms with van der Waals surface area (Å²) in [5, 5.41) is 3.85. The van der Waals surface area contributed by atoms with Crippen LogP contribution in [0.4, 0.5) is 9.18 Å². The third kappa shape index (κ3) is 4.27. The number of carbonyl (C=O) groups excluding carboxylic acids is 1. The molecule has 0 bridgehead atoms. The topological polar surface area (TPSA) is 52.5 Å². The number of amides is 1. The molecule has 0 aliphatic rings. The van der Waals surface area contributed by atoms with E-state index in [0.717, 1.165) is 27.8 Å². The summed E-state index contributed by atoms with van der Waals surface area (Å²) >= 11 is 0. The number of carbonyl (C=O) groups is 1. The molecule has 30 heavy (non-hydrogen) atoms. The van der Waals surface area contributed by atoms with Crippen molar-refractivity contribution in [1.29, 1.82) is 0 Å². The van der Waals surface area contributed by atoms with Gasteiger partial charge in [-0.3, -0.25) is 5.32 Å². The van der Waals surface area contributed by atoms with E-state index in [1.807, 2.05) is 65.4 Å². The first-order chi connectivity index (χ1) is 14.6. The van der Waals surface area contributed by atoms with Crippen LogP contribution in [0.25, 0.3) is 10.9 Å². The summed E-state index contributed by atoms with van der Waals surface area (Å²) in [7, 11) is 1.61. The minimum Gasteiger partial charge on any atom is -0.497 e. The zero-order valence-electron chi connectivity index (χ0n) is 16.4. The van der Waals surface area contributed by atoms with Crippen molar-refractivity contribution in [2.45, 2.75) is 12.8 Å². The lowest BCUT2D eigenvalue weighted by Crippen LogP contribution is -2.33. The zero-order valence-corrected chi connectivity index (χ0v) is 16.4. The Hall–Kier alpha value is -3.80. The molecule has 1 aromatic heterocycles. The Morgan fingerprint density at radius 2 is 1.80 bits per heavy atom. The minimum atomic E-state index is -0.570. The second kappa shape index (κ2) is 8.69. The van der Waals surface area contributed by atoms with Gasteiger partial charge in [-0.05, 0) is 47.5 Å². The van der Waals surface area contributed by atoms with Gasteiger partial charge in [0.05, 0.1) is 12.6 Å². The van der Waals surface area contributed by atoms with Crippen molar-refractivity contribution in [2.75, 3.05) is 7.11 Å². The molecule has 1 atom stereocenters. The Balaban J connectivity index is 1.62. The van der Waals surface area contributed by atoms with E-state index in [4.69, 9.17) is 9.47 Å². The van der Waals surface area contributed by atoms with E-state index in [-0.39, 0.29) is 12.4 Å². The molecule has 0 unspecified atom stereocenters. The Morgan fingerprint density at radius 3 is 2.53 bits per heavy atom. The Bertz CT molecular complexity index is 1140. The Morgan fingerprint density at radius 1 is 1.03 bits per heavy atom. The summed E-state index contributed by atoms with van der Waals surface area (Å²) in [5.74, 6) is 0.403. The molecule has 0 spiro atoms. The molecule has 1 amide bonds. The maximum atomic E-state index is 13.5. The SMILES string of the molecule is COc1ccc2c(ccn2[C@@H](NC(=O)OCc2ccccc2)c2ccc(F)cc2)c1. The van der Waals surface area contributed by atoms with E-state index in [9.17, 15) is 9.18 Å². The number of halogens is 1. The van der Waals surface area contributed by atoms with Crippen LogP contribution in [0.3, 0.4) is 0 Å². The van der Waals surface area contributed by atoms with Crippen molar-refractivity contribution in [2.24, 2.45) is 0 Å². The summed E-state index contributed by atoms with van der Waals surface area (Å²) in [6.45, 7) is 0.159. The number of ether oxygens (including phenoxy) is 2. The van der Waals surface area contributed by atoms with E-state index >= 15 is 0 Å². The number of rotatable bonds is 6. The number of fused-ring (bicyclic) bond motifs is 1. The molecular formula is C24H21FN2O3. The molecule has 5 nitrogen and oxygen atoms in total. The Kier molecular flexibility index (Phi) is 5.66. The van der Waals surface area contributed by atoms with Crippen molar-refractivity contribution >= 4 is 17.0 Å². The largest absolute Gasteiger partial charge is 0.497 e. The first-order valence-corrected chi connectivity index (χ1v) is 9.51. The summed E-state index contributed by atoms with van der Waals surface area (Å²) in [4.78, 5) is 12.6. The molecule has 1 heterocycles. The molecule has 0 saturated carbocycles. The molecule has 4 aromatic rings. The van der Waals surface area contributed by atoms with Crippen LogP contribution in [0.5, 0.6) is 5.75 Å². The lowest BCUT2D eigenvalue weighted by atomic mass is 10.1. The van der Waals surface area contributed by atoms with Crippen molar-refractivity contribution in [1.82, 2.24) is 9.88 Å². The smallest absolute Gasteiger partial charge is 0.409 e. The van der Waals surface area contributed by atoms with Crippen molar-refractivity contribution in [3.8, 4) is 5.75 Å². The lowest BCUT2D eigenvalue weighted by Gasteiger charge is -2.22.